The fourth-order valence-corrected chi connectivity index (χ4v) is 3.93. The molecule has 3 rings (SSSR count). The molecule has 0 unspecified atom stereocenters. The van der Waals surface area contributed by atoms with Gasteiger partial charge in [-0.2, -0.15) is 13.2 Å². The van der Waals surface area contributed by atoms with Gasteiger partial charge in [0.25, 0.3) is 0 Å². The highest BCUT2D eigenvalue weighted by Gasteiger charge is 2.52. The summed E-state index contributed by atoms with van der Waals surface area (Å²) < 4.78 is 39.2. The highest BCUT2D eigenvalue weighted by molar-refractivity contribution is 7.13. The van der Waals surface area contributed by atoms with Gasteiger partial charge in [-0.05, 0) is 12.1 Å². The van der Waals surface area contributed by atoms with Gasteiger partial charge in [0.1, 0.15) is 5.01 Å². The molecular formula is C17H16F3N3O3S. The van der Waals surface area contributed by atoms with E-state index in [1.54, 1.807) is 29.6 Å². The number of carboxylic acid groups (broad SMARTS) is 1. The molecule has 1 amide bonds. The molecule has 1 saturated heterocycles. The lowest BCUT2D eigenvalue weighted by atomic mass is 9.96. The van der Waals surface area contributed by atoms with Crippen LogP contribution in [0.1, 0.15) is 16.1 Å². The van der Waals surface area contributed by atoms with Gasteiger partial charge in [-0.3, -0.25) is 14.5 Å². The largest absolute Gasteiger partial charge is 0.481 e. The highest BCUT2D eigenvalue weighted by Crippen LogP contribution is 2.38. The van der Waals surface area contributed by atoms with Gasteiger partial charge in [0.15, 0.2) is 0 Å². The van der Waals surface area contributed by atoms with E-state index in [4.69, 9.17) is 10.8 Å². The predicted molar refractivity (Wildman–Crippen MR) is 92.0 cm³/mol. The first-order chi connectivity index (χ1) is 12.6. The molecule has 1 fully saturated rings. The Morgan fingerprint density at radius 2 is 1.93 bits per heavy atom. The molecule has 10 heteroatoms. The lowest BCUT2D eigenvalue weighted by Gasteiger charge is -2.18. The number of carbonyl (C=O) groups excluding carboxylic acids is 1. The summed E-state index contributed by atoms with van der Waals surface area (Å²) in [5.41, 5.74) is 6.89. The summed E-state index contributed by atoms with van der Waals surface area (Å²) in [5.74, 6) is -5.32. The maximum Gasteiger partial charge on any atom is 0.393 e. The summed E-state index contributed by atoms with van der Waals surface area (Å²) in [5, 5.41) is 11.5. The van der Waals surface area contributed by atoms with Gasteiger partial charge in [0.05, 0.1) is 17.5 Å². The van der Waals surface area contributed by atoms with E-state index in [9.17, 15) is 22.8 Å². The summed E-state index contributed by atoms with van der Waals surface area (Å²) >= 11 is 1.32. The molecule has 1 aliphatic heterocycles. The van der Waals surface area contributed by atoms with E-state index in [-0.39, 0.29) is 19.6 Å². The van der Waals surface area contributed by atoms with E-state index in [0.29, 0.717) is 16.3 Å². The zero-order valence-electron chi connectivity index (χ0n) is 13.9. The van der Waals surface area contributed by atoms with E-state index in [1.807, 2.05) is 0 Å². The highest BCUT2D eigenvalue weighted by atomic mass is 32.1. The fourth-order valence-electron chi connectivity index (χ4n) is 3.11. The molecule has 0 bridgehead atoms. The quantitative estimate of drug-likeness (QED) is 0.806. The number of primary amides is 1. The van der Waals surface area contributed by atoms with E-state index < -0.39 is 29.9 Å². The molecule has 0 spiro atoms. The first kappa shape index (κ1) is 19.3. The van der Waals surface area contributed by atoms with Crippen LogP contribution in [0.2, 0.25) is 0 Å². The van der Waals surface area contributed by atoms with Crippen molar-refractivity contribution >= 4 is 23.2 Å². The Hall–Kier alpha value is -2.46. The van der Waals surface area contributed by atoms with Crippen molar-refractivity contribution in [3.05, 3.63) is 40.9 Å². The van der Waals surface area contributed by atoms with E-state index in [1.165, 1.54) is 16.2 Å². The minimum atomic E-state index is -4.55. The molecule has 1 aromatic heterocycles. The van der Waals surface area contributed by atoms with Gasteiger partial charge in [-0.25, -0.2) is 4.98 Å². The summed E-state index contributed by atoms with van der Waals surface area (Å²) in [7, 11) is 0. The number of amides is 1. The number of hydrogen-bond acceptors (Lipinski definition) is 5. The first-order valence-electron chi connectivity index (χ1n) is 8.01. The van der Waals surface area contributed by atoms with Crippen LogP contribution in [-0.2, 0) is 11.3 Å². The first-order valence-corrected chi connectivity index (χ1v) is 8.89. The van der Waals surface area contributed by atoms with E-state index >= 15 is 0 Å². The van der Waals surface area contributed by atoms with Crippen LogP contribution in [-0.4, -0.2) is 46.1 Å². The van der Waals surface area contributed by atoms with Crippen molar-refractivity contribution in [2.45, 2.75) is 12.7 Å². The zero-order valence-corrected chi connectivity index (χ0v) is 14.8. The van der Waals surface area contributed by atoms with Crippen LogP contribution in [0.3, 0.4) is 0 Å². The third kappa shape index (κ3) is 4.28. The molecule has 144 valence electrons. The molecule has 2 aromatic rings. The molecule has 0 radical (unpaired) electrons. The number of likely N-dealkylation sites (tertiary alicyclic amines) is 1. The van der Waals surface area contributed by atoms with Crippen molar-refractivity contribution in [1.29, 1.82) is 0 Å². The monoisotopic (exact) mass is 399 g/mol. The molecular weight excluding hydrogens is 383 g/mol. The lowest BCUT2D eigenvalue weighted by Crippen LogP contribution is -2.33. The SMILES string of the molecule is NC(=O)c1ccc(-c2nc(CN3C[C@@H](C(F)(F)F)[C@H](C(=O)O)C3)cs2)cc1. The number of carboxylic acids is 1. The smallest absolute Gasteiger partial charge is 0.393 e. The van der Waals surface area contributed by atoms with Gasteiger partial charge in [0, 0.05) is 36.1 Å². The number of alkyl halides is 3. The molecule has 6 nitrogen and oxygen atoms in total. The fraction of sp³-hybridized carbons (Fsp3) is 0.353. The Bertz CT molecular complexity index is 851. The molecule has 3 N–H and O–H groups in total. The number of aromatic nitrogens is 1. The topological polar surface area (TPSA) is 96.5 Å². The van der Waals surface area contributed by atoms with Crippen LogP contribution in [0.25, 0.3) is 10.6 Å². The molecule has 2 atom stereocenters. The van der Waals surface area contributed by atoms with Gasteiger partial charge >= 0.3 is 12.1 Å². The summed E-state index contributed by atoms with van der Waals surface area (Å²) in [4.78, 5) is 28.1. The molecule has 1 aliphatic rings. The third-order valence-electron chi connectivity index (χ3n) is 4.49. The second-order valence-electron chi connectivity index (χ2n) is 6.37. The van der Waals surface area contributed by atoms with Crippen molar-refractivity contribution < 1.29 is 27.9 Å². The van der Waals surface area contributed by atoms with Gasteiger partial charge in [-0.15, -0.1) is 11.3 Å². The number of nitrogens with two attached hydrogens (primary N) is 1. The predicted octanol–water partition coefficient (Wildman–Crippen LogP) is 2.60. The van der Waals surface area contributed by atoms with Crippen LogP contribution in [0.4, 0.5) is 13.2 Å². The standard InChI is InChI=1S/C17H16F3N3O3S/c18-17(19,20)13-7-23(6-12(13)16(25)26)5-11-8-27-15(22-11)10-3-1-9(2-4-10)14(21)24/h1-4,8,12-13H,5-7H2,(H2,21,24)(H,25,26)/t12-,13-/m1/s1. The van der Waals surface area contributed by atoms with Crippen molar-refractivity contribution in [3.63, 3.8) is 0 Å². The van der Waals surface area contributed by atoms with E-state index in [2.05, 4.69) is 4.98 Å². The lowest BCUT2D eigenvalue weighted by molar-refractivity contribution is -0.188. The Morgan fingerprint density at radius 1 is 1.26 bits per heavy atom. The third-order valence-corrected chi connectivity index (χ3v) is 5.43. The Balaban J connectivity index is 1.71. The maximum absolute atomic E-state index is 13.1. The molecule has 2 heterocycles. The number of benzene rings is 1. The second-order valence-corrected chi connectivity index (χ2v) is 7.23. The number of aliphatic carboxylic acids is 1. The Kier molecular flexibility index (Phi) is 5.20. The Morgan fingerprint density at radius 3 is 2.44 bits per heavy atom. The average molecular weight is 399 g/mol. The number of hydrogen-bond donors (Lipinski definition) is 2. The van der Waals surface area contributed by atoms with Crippen LogP contribution in [0, 0.1) is 11.8 Å². The summed E-state index contributed by atoms with van der Waals surface area (Å²) in [6.07, 6.45) is -4.55. The van der Waals surface area contributed by atoms with Crippen molar-refractivity contribution in [3.8, 4) is 10.6 Å². The molecule has 0 aliphatic carbocycles. The normalized spacial score (nSPS) is 20.7. The van der Waals surface area contributed by atoms with E-state index in [0.717, 1.165) is 5.56 Å². The van der Waals surface area contributed by atoms with Crippen LogP contribution in [0.5, 0.6) is 0 Å². The maximum atomic E-state index is 13.1. The molecule has 0 saturated carbocycles. The van der Waals surface area contributed by atoms with Crippen molar-refractivity contribution in [2.75, 3.05) is 13.1 Å². The van der Waals surface area contributed by atoms with Gasteiger partial charge in [0.2, 0.25) is 5.91 Å². The van der Waals surface area contributed by atoms with Crippen molar-refractivity contribution in [1.82, 2.24) is 9.88 Å². The minimum absolute atomic E-state index is 0.145. The molecule has 1 aromatic carbocycles. The van der Waals surface area contributed by atoms with Crippen molar-refractivity contribution in [2.24, 2.45) is 17.6 Å². The molecule has 27 heavy (non-hydrogen) atoms. The average Bonchev–Trinajstić information content (AvgIpc) is 3.22. The Labute approximate surface area is 156 Å². The summed E-state index contributed by atoms with van der Waals surface area (Å²) in [6.45, 7) is -0.382. The number of thiazole rings is 1. The number of nitrogens with zero attached hydrogens (tertiary/aromatic N) is 2. The number of carbonyl (C=O) groups is 2. The van der Waals surface area contributed by atoms with Crippen LogP contribution >= 0.6 is 11.3 Å². The minimum Gasteiger partial charge on any atom is -0.481 e. The van der Waals surface area contributed by atoms with Crippen LogP contribution < -0.4 is 5.73 Å². The second kappa shape index (κ2) is 7.28. The number of halogens is 3. The van der Waals surface area contributed by atoms with Gasteiger partial charge < -0.3 is 10.8 Å². The zero-order chi connectivity index (χ0) is 19.8. The van der Waals surface area contributed by atoms with Crippen LogP contribution in [0.15, 0.2) is 29.6 Å². The summed E-state index contributed by atoms with van der Waals surface area (Å²) in [6, 6.07) is 6.53. The number of rotatable bonds is 5. The van der Waals surface area contributed by atoms with Gasteiger partial charge in [-0.1, -0.05) is 12.1 Å².